The molecule has 1 aliphatic heterocycles. The average Bonchev–Trinajstić information content (AvgIpc) is 2.29. The maximum atomic E-state index is 10.6. The summed E-state index contributed by atoms with van der Waals surface area (Å²) < 4.78 is 5.35. The second-order valence-electron chi connectivity index (χ2n) is 4.72. The lowest BCUT2D eigenvalue weighted by atomic mass is 9.80. The number of rotatable bonds is 2. The topological polar surface area (TPSA) is 29.5 Å². The van der Waals surface area contributed by atoms with Gasteiger partial charge in [0.2, 0.25) is 0 Å². The molecule has 1 saturated heterocycles. The molecule has 1 aliphatic rings. The van der Waals surface area contributed by atoms with Gasteiger partial charge in [-0.25, -0.2) is 0 Å². The molecule has 0 bridgehead atoms. The summed E-state index contributed by atoms with van der Waals surface area (Å²) in [4.78, 5) is 0. The van der Waals surface area contributed by atoms with Crippen LogP contribution in [0.3, 0.4) is 0 Å². The van der Waals surface area contributed by atoms with Gasteiger partial charge in [-0.1, -0.05) is 42.3 Å². The highest BCUT2D eigenvalue weighted by atomic mass is 35.5. The van der Waals surface area contributed by atoms with Gasteiger partial charge in [0.25, 0.3) is 0 Å². The fourth-order valence-corrected chi connectivity index (χ4v) is 2.57. The van der Waals surface area contributed by atoms with Gasteiger partial charge in [0.05, 0.1) is 22.3 Å². The fourth-order valence-electron chi connectivity index (χ4n) is 2.19. The van der Waals surface area contributed by atoms with Gasteiger partial charge in [-0.15, -0.1) is 0 Å². The second kappa shape index (κ2) is 5.15. The Labute approximate surface area is 111 Å². The lowest BCUT2D eigenvalue weighted by Crippen LogP contribution is -2.45. The van der Waals surface area contributed by atoms with Crippen molar-refractivity contribution in [3.63, 3.8) is 0 Å². The van der Waals surface area contributed by atoms with Gasteiger partial charge in [0.15, 0.2) is 0 Å². The van der Waals surface area contributed by atoms with Crippen molar-refractivity contribution in [2.45, 2.75) is 25.4 Å². The van der Waals surface area contributed by atoms with E-state index in [0.717, 1.165) is 5.56 Å². The van der Waals surface area contributed by atoms with Gasteiger partial charge in [0.1, 0.15) is 0 Å². The monoisotopic (exact) mass is 274 g/mol. The zero-order valence-electron chi connectivity index (χ0n) is 9.75. The molecule has 2 rings (SSSR count). The van der Waals surface area contributed by atoms with Crippen molar-refractivity contribution < 1.29 is 9.84 Å². The number of ether oxygens (including phenoxy) is 1. The van der Waals surface area contributed by atoms with Crippen molar-refractivity contribution in [2.75, 3.05) is 13.2 Å². The van der Waals surface area contributed by atoms with E-state index in [1.54, 1.807) is 6.07 Å². The maximum absolute atomic E-state index is 10.6. The summed E-state index contributed by atoms with van der Waals surface area (Å²) in [6, 6.07) is 5.52. The van der Waals surface area contributed by atoms with Crippen LogP contribution in [0.2, 0.25) is 10.0 Å². The fraction of sp³-hybridized carbons (Fsp3) is 0.538. The summed E-state index contributed by atoms with van der Waals surface area (Å²) in [5.41, 5.74) is 0.155. The largest absolute Gasteiger partial charge is 0.389 e. The van der Waals surface area contributed by atoms with Gasteiger partial charge in [-0.3, -0.25) is 0 Å². The third-order valence-electron chi connectivity index (χ3n) is 3.49. The van der Waals surface area contributed by atoms with Gasteiger partial charge >= 0.3 is 0 Å². The Morgan fingerprint density at radius 2 is 2.24 bits per heavy atom. The zero-order chi connectivity index (χ0) is 12.5. The normalized spacial score (nSPS) is 29.3. The number of hydrogen-bond donors (Lipinski definition) is 1. The van der Waals surface area contributed by atoms with Crippen LogP contribution in [0.1, 0.15) is 18.9 Å². The molecule has 0 aromatic heterocycles. The first-order valence-corrected chi connectivity index (χ1v) is 6.51. The maximum Gasteiger partial charge on any atom is 0.0757 e. The molecule has 4 heteroatoms. The van der Waals surface area contributed by atoms with E-state index in [2.05, 4.69) is 0 Å². The van der Waals surface area contributed by atoms with E-state index in [0.29, 0.717) is 36.1 Å². The van der Waals surface area contributed by atoms with Crippen LogP contribution < -0.4 is 0 Å². The Morgan fingerprint density at radius 3 is 2.94 bits per heavy atom. The quantitative estimate of drug-likeness (QED) is 0.897. The first-order valence-electron chi connectivity index (χ1n) is 5.76. The van der Waals surface area contributed by atoms with Gasteiger partial charge < -0.3 is 9.84 Å². The number of hydrogen-bond acceptors (Lipinski definition) is 2. The first kappa shape index (κ1) is 13.2. The minimum absolute atomic E-state index is 0.103. The molecule has 1 aromatic rings. The van der Waals surface area contributed by atoms with Crippen LogP contribution >= 0.6 is 23.2 Å². The molecule has 2 atom stereocenters. The van der Waals surface area contributed by atoms with Crippen LogP contribution in [-0.2, 0) is 11.2 Å². The van der Waals surface area contributed by atoms with Crippen LogP contribution in [-0.4, -0.2) is 23.9 Å². The molecular formula is C13H16Cl2O2. The molecule has 0 saturated carbocycles. The SMILES string of the molecule is CC1COCCC1(O)Cc1cccc(Cl)c1Cl. The van der Waals surface area contributed by atoms with Crippen LogP contribution in [0.5, 0.6) is 0 Å². The van der Waals surface area contributed by atoms with Crippen LogP contribution in [0, 0.1) is 5.92 Å². The predicted octanol–water partition coefficient (Wildman–Crippen LogP) is 3.32. The molecule has 0 radical (unpaired) electrons. The molecule has 0 spiro atoms. The molecule has 94 valence electrons. The van der Waals surface area contributed by atoms with Crippen molar-refractivity contribution >= 4 is 23.2 Å². The summed E-state index contributed by atoms with van der Waals surface area (Å²) in [6.07, 6.45) is 1.16. The van der Waals surface area contributed by atoms with E-state index in [-0.39, 0.29) is 5.92 Å². The third kappa shape index (κ3) is 2.76. The van der Waals surface area contributed by atoms with Crippen LogP contribution in [0.4, 0.5) is 0 Å². The summed E-state index contributed by atoms with van der Waals surface area (Å²) in [5, 5.41) is 11.7. The van der Waals surface area contributed by atoms with Crippen molar-refractivity contribution in [3.05, 3.63) is 33.8 Å². The molecule has 17 heavy (non-hydrogen) atoms. The Kier molecular flexibility index (Phi) is 3.99. The molecule has 1 N–H and O–H groups in total. The Balaban J connectivity index is 2.22. The highest BCUT2D eigenvalue weighted by molar-refractivity contribution is 6.42. The molecule has 0 amide bonds. The highest BCUT2D eigenvalue weighted by Crippen LogP contribution is 2.34. The van der Waals surface area contributed by atoms with Gasteiger partial charge in [0, 0.05) is 25.4 Å². The van der Waals surface area contributed by atoms with Gasteiger partial charge in [-0.05, 0) is 11.6 Å². The molecular weight excluding hydrogens is 259 g/mol. The molecule has 2 unspecified atom stereocenters. The summed E-state index contributed by atoms with van der Waals surface area (Å²) in [5.74, 6) is 0.103. The Bertz CT molecular complexity index is 408. The van der Waals surface area contributed by atoms with Crippen LogP contribution in [0.15, 0.2) is 18.2 Å². The van der Waals surface area contributed by atoms with E-state index >= 15 is 0 Å². The Morgan fingerprint density at radius 1 is 1.47 bits per heavy atom. The molecule has 0 aliphatic carbocycles. The average molecular weight is 275 g/mol. The molecule has 1 heterocycles. The number of halogens is 2. The van der Waals surface area contributed by atoms with Gasteiger partial charge in [-0.2, -0.15) is 0 Å². The summed E-state index contributed by atoms with van der Waals surface area (Å²) >= 11 is 12.1. The summed E-state index contributed by atoms with van der Waals surface area (Å²) in [6.45, 7) is 3.19. The minimum atomic E-state index is -0.743. The van der Waals surface area contributed by atoms with Crippen molar-refractivity contribution in [1.82, 2.24) is 0 Å². The van der Waals surface area contributed by atoms with E-state index in [1.165, 1.54) is 0 Å². The lowest BCUT2D eigenvalue weighted by Gasteiger charge is -2.38. The van der Waals surface area contributed by atoms with E-state index in [1.807, 2.05) is 19.1 Å². The third-order valence-corrected chi connectivity index (χ3v) is 4.35. The highest BCUT2D eigenvalue weighted by Gasteiger charge is 2.37. The first-order chi connectivity index (χ1) is 8.03. The molecule has 1 fully saturated rings. The standard InChI is InChI=1S/C13H16Cl2O2/c1-9-8-17-6-5-13(9,16)7-10-3-2-4-11(14)12(10)15/h2-4,9,16H,5-8H2,1H3. The second-order valence-corrected chi connectivity index (χ2v) is 5.50. The van der Waals surface area contributed by atoms with E-state index in [4.69, 9.17) is 27.9 Å². The van der Waals surface area contributed by atoms with Crippen molar-refractivity contribution in [1.29, 1.82) is 0 Å². The minimum Gasteiger partial charge on any atom is -0.389 e. The van der Waals surface area contributed by atoms with Crippen molar-refractivity contribution in [2.24, 2.45) is 5.92 Å². The predicted molar refractivity (Wildman–Crippen MR) is 69.7 cm³/mol. The van der Waals surface area contributed by atoms with E-state index in [9.17, 15) is 5.11 Å². The number of aliphatic hydroxyl groups is 1. The Hall–Kier alpha value is -0.280. The molecule has 2 nitrogen and oxygen atoms in total. The smallest absolute Gasteiger partial charge is 0.0757 e. The lowest BCUT2D eigenvalue weighted by molar-refractivity contribution is -0.105. The van der Waals surface area contributed by atoms with Crippen molar-refractivity contribution in [3.8, 4) is 0 Å². The van der Waals surface area contributed by atoms with E-state index < -0.39 is 5.60 Å². The van der Waals surface area contributed by atoms with Crippen LogP contribution in [0.25, 0.3) is 0 Å². The molecule has 1 aromatic carbocycles. The number of benzene rings is 1. The zero-order valence-corrected chi connectivity index (χ0v) is 11.3. The summed E-state index contributed by atoms with van der Waals surface area (Å²) in [7, 11) is 0.